The van der Waals surface area contributed by atoms with Gasteiger partial charge in [-0.05, 0) is 25.8 Å². The van der Waals surface area contributed by atoms with E-state index in [-0.39, 0.29) is 0 Å². The molecule has 0 aliphatic carbocycles. The van der Waals surface area contributed by atoms with Gasteiger partial charge in [0.05, 0.1) is 0 Å². The van der Waals surface area contributed by atoms with Crippen LogP contribution in [0.4, 0.5) is 0 Å². The molecular formula is C6H15N3O2S. The van der Waals surface area contributed by atoms with Crippen LogP contribution in [0.3, 0.4) is 0 Å². The normalized spacial score (nSPS) is 24.6. The van der Waals surface area contributed by atoms with E-state index in [4.69, 9.17) is 5.14 Å². The molecule has 1 rings (SSSR count). The first-order valence-corrected chi connectivity index (χ1v) is 5.63. The Balaban J connectivity index is 2.09. The molecule has 6 heteroatoms. The lowest BCUT2D eigenvalue weighted by molar-refractivity contribution is 0.540. The van der Waals surface area contributed by atoms with Crippen molar-refractivity contribution in [1.82, 2.24) is 10.0 Å². The Hall–Kier alpha value is -0.170. The van der Waals surface area contributed by atoms with Gasteiger partial charge in [-0.15, -0.1) is 0 Å². The van der Waals surface area contributed by atoms with Crippen molar-refractivity contribution in [3.05, 3.63) is 0 Å². The third-order valence-corrected chi connectivity index (χ3v) is 2.56. The smallest absolute Gasteiger partial charge is 0.274 e. The standard InChI is InChI=1S/C6H15N3O2S/c7-12(10,11)9-5-3-6-2-1-4-8-6/h6,8-9H,1-5H2,(H2,7,10,11)/t6-/m0/s1. The number of hydrogen-bond acceptors (Lipinski definition) is 3. The van der Waals surface area contributed by atoms with Gasteiger partial charge in [0.25, 0.3) is 10.2 Å². The van der Waals surface area contributed by atoms with Gasteiger partial charge in [0.15, 0.2) is 0 Å². The molecule has 5 nitrogen and oxygen atoms in total. The van der Waals surface area contributed by atoms with Crippen molar-refractivity contribution in [2.45, 2.75) is 25.3 Å². The lowest BCUT2D eigenvalue weighted by atomic mass is 10.2. The summed E-state index contributed by atoms with van der Waals surface area (Å²) in [7, 11) is -3.49. The molecule has 0 aromatic carbocycles. The second-order valence-corrected chi connectivity index (χ2v) is 4.40. The van der Waals surface area contributed by atoms with Crippen LogP contribution in [0.5, 0.6) is 0 Å². The van der Waals surface area contributed by atoms with Gasteiger partial charge in [-0.25, -0.2) is 9.86 Å². The third kappa shape index (κ3) is 4.01. The summed E-state index contributed by atoms with van der Waals surface area (Å²) >= 11 is 0. The molecule has 1 aliphatic heterocycles. The van der Waals surface area contributed by atoms with Crippen LogP contribution in [0.15, 0.2) is 0 Å². The van der Waals surface area contributed by atoms with Gasteiger partial charge in [0, 0.05) is 12.6 Å². The zero-order valence-corrected chi connectivity index (χ0v) is 7.73. The predicted octanol–water partition coefficient (Wildman–Crippen LogP) is -1.08. The monoisotopic (exact) mass is 193 g/mol. The quantitative estimate of drug-likeness (QED) is 0.531. The van der Waals surface area contributed by atoms with Crippen molar-refractivity contribution < 1.29 is 8.42 Å². The summed E-state index contributed by atoms with van der Waals surface area (Å²) in [6.07, 6.45) is 3.13. The van der Waals surface area contributed by atoms with E-state index in [2.05, 4.69) is 10.0 Å². The minimum Gasteiger partial charge on any atom is -0.314 e. The van der Waals surface area contributed by atoms with Crippen molar-refractivity contribution in [3.8, 4) is 0 Å². The summed E-state index contributed by atoms with van der Waals surface area (Å²) in [4.78, 5) is 0. The summed E-state index contributed by atoms with van der Waals surface area (Å²) in [5.41, 5.74) is 0. The largest absolute Gasteiger partial charge is 0.314 e. The van der Waals surface area contributed by atoms with Crippen molar-refractivity contribution in [1.29, 1.82) is 0 Å². The van der Waals surface area contributed by atoms with Crippen molar-refractivity contribution in [2.24, 2.45) is 5.14 Å². The molecule has 4 N–H and O–H groups in total. The Kier molecular flexibility index (Phi) is 3.45. The molecule has 72 valence electrons. The van der Waals surface area contributed by atoms with E-state index in [1.807, 2.05) is 0 Å². The van der Waals surface area contributed by atoms with Crippen LogP contribution in [0.25, 0.3) is 0 Å². The number of hydrogen-bond donors (Lipinski definition) is 3. The molecule has 12 heavy (non-hydrogen) atoms. The van der Waals surface area contributed by atoms with E-state index in [0.29, 0.717) is 12.6 Å². The zero-order valence-electron chi connectivity index (χ0n) is 6.91. The molecule has 1 atom stereocenters. The molecule has 1 fully saturated rings. The first kappa shape index (κ1) is 9.91. The van der Waals surface area contributed by atoms with Crippen molar-refractivity contribution >= 4 is 10.2 Å². The van der Waals surface area contributed by atoms with E-state index >= 15 is 0 Å². The molecule has 0 aromatic heterocycles. The highest BCUT2D eigenvalue weighted by Gasteiger charge is 2.13. The van der Waals surface area contributed by atoms with Crippen LogP contribution in [0.2, 0.25) is 0 Å². The maximum Gasteiger partial charge on any atom is 0.274 e. The number of nitrogens with two attached hydrogens (primary N) is 1. The second kappa shape index (κ2) is 4.18. The summed E-state index contributed by atoms with van der Waals surface area (Å²) in [5, 5.41) is 8.03. The van der Waals surface area contributed by atoms with E-state index < -0.39 is 10.2 Å². The van der Waals surface area contributed by atoms with E-state index in [1.54, 1.807) is 0 Å². The summed E-state index contributed by atoms with van der Waals surface area (Å²) in [6, 6.07) is 0.458. The Labute approximate surface area is 72.9 Å². The first-order chi connectivity index (χ1) is 5.58. The molecule has 0 saturated carbocycles. The van der Waals surface area contributed by atoms with E-state index in [9.17, 15) is 8.42 Å². The maximum atomic E-state index is 10.5. The molecule has 0 amide bonds. The lowest BCUT2D eigenvalue weighted by Gasteiger charge is -2.08. The lowest BCUT2D eigenvalue weighted by Crippen LogP contribution is -2.34. The summed E-state index contributed by atoms with van der Waals surface area (Å²) in [6.45, 7) is 1.47. The Morgan fingerprint density at radius 2 is 2.33 bits per heavy atom. The zero-order chi connectivity index (χ0) is 9.03. The minimum absolute atomic E-state index is 0.427. The Morgan fingerprint density at radius 1 is 1.58 bits per heavy atom. The minimum atomic E-state index is -3.49. The van der Waals surface area contributed by atoms with Crippen LogP contribution in [0, 0.1) is 0 Å². The van der Waals surface area contributed by atoms with Gasteiger partial charge in [-0.2, -0.15) is 8.42 Å². The fourth-order valence-corrected chi connectivity index (χ4v) is 1.78. The maximum absolute atomic E-state index is 10.5. The molecule has 1 heterocycles. The first-order valence-electron chi connectivity index (χ1n) is 4.09. The SMILES string of the molecule is NS(=O)(=O)NCC[C@@H]1CCCN1. The van der Waals surface area contributed by atoms with Gasteiger partial charge >= 0.3 is 0 Å². The van der Waals surface area contributed by atoms with Crippen LogP contribution in [0.1, 0.15) is 19.3 Å². The summed E-state index contributed by atoms with van der Waals surface area (Å²) < 4.78 is 23.2. The van der Waals surface area contributed by atoms with Crippen molar-refractivity contribution in [3.63, 3.8) is 0 Å². The average Bonchev–Trinajstić information content (AvgIpc) is 2.36. The highest BCUT2D eigenvalue weighted by molar-refractivity contribution is 7.87. The fraction of sp³-hybridized carbons (Fsp3) is 1.00. The topological polar surface area (TPSA) is 84.2 Å². The fourth-order valence-electron chi connectivity index (χ4n) is 1.38. The van der Waals surface area contributed by atoms with Crippen LogP contribution < -0.4 is 15.2 Å². The van der Waals surface area contributed by atoms with Crippen LogP contribution in [-0.4, -0.2) is 27.5 Å². The Bertz CT molecular complexity index is 221. The van der Waals surface area contributed by atoms with Crippen LogP contribution in [-0.2, 0) is 10.2 Å². The molecule has 1 aliphatic rings. The molecule has 0 aromatic rings. The van der Waals surface area contributed by atoms with Gasteiger partial charge in [-0.3, -0.25) is 0 Å². The van der Waals surface area contributed by atoms with E-state index in [1.165, 1.54) is 6.42 Å². The molecule has 0 spiro atoms. The van der Waals surface area contributed by atoms with Gasteiger partial charge < -0.3 is 5.32 Å². The van der Waals surface area contributed by atoms with Crippen molar-refractivity contribution in [2.75, 3.05) is 13.1 Å². The average molecular weight is 193 g/mol. The van der Waals surface area contributed by atoms with Gasteiger partial charge in [0.1, 0.15) is 0 Å². The molecular weight excluding hydrogens is 178 g/mol. The molecule has 1 saturated heterocycles. The molecule has 0 bridgehead atoms. The Morgan fingerprint density at radius 3 is 2.83 bits per heavy atom. The number of nitrogens with one attached hydrogen (secondary N) is 2. The van der Waals surface area contributed by atoms with Gasteiger partial charge in [0.2, 0.25) is 0 Å². The molecule has 0 unspecified atom stereocenters. The van der Waals surface area contributed by atoms with Crippen LogP contribution >= 0.6 is 0 Å². The number of rotatable bonds is 4. The highest BCUT2D eigenvalue weighted by atomic mass is 32.2. The predicted molar refractivity (Wildman–Crippen MR) is 46.8 cm³/mol. The second-order valence-electron chi connectivity index (χ2n) is 3.02. The molecule has 0 radical (unpaired) electrons. The third-order valence-electron chi connectivity index (χ3n) is 1.96. The highest BCUT2D eigenvalue weighted by Crippen LogP contribution is 2.07. The summed E-state index contributed by atoms with van der Waals surface area (Å²) in [5.74, 6) is 0. The van der Waals surface area contributed by atoms with Gasteiger partial charge in [-0.1, -0.05) is 0 Å². The van der Waals surface area contributed by atoms with E-state index in [0.717, 1.165) is 19.4 Å².